The van der Waals surface area contributed by atoms with Crippen molar-refractivity contribution in [1.82, 2.24) is 6.15 Å². The van der Waals surface area contributed by atoms with Gasteiger partial charge in [0.2, 0.25) is 0 Å². The fourth-order valence-electron chi connectivity index (χ4n) is 0. The molecule has 0 aliphatic rings. The van der Waals surface area contributed by atoms with Gasteiger partial charge in [-0.3, -0.25) is 4.79 Å². The second-order valence-corrected chi connectivity index (χ2v) is 0.105. The maximum Gasteiger partial charge on any atom is 0.290 e. The summed E-state index contributed by atoms with van der Waals surface area (Å²) in [5.41, 5.74) is 0. The molecule has 0 aliphatic carbocycles. The molecule has 3 nitrogen and oxygen atoms in total. The molecule has 0 fully saturated rings. The summed E-state index contributed by atoms with van der Waals surface area (Å²) in [6, 6.07) is 0. The van der Waals surface area contributed by atoms with Gasteiger partial charge in [0.1, 0.15) is 0 Å². The van der Waals surface area contributed by atoms with E-state index >= 15 is 0 Å². The molecule has 0 aliphatic heterocycles. The topological polar surface area (TPSA) is 72.3 Å². The Balaban J connectivity index is -0.0000000200. The molecule has 0 heterocycles. The van der Waals surface area contributed by atoms with E-state index in [1.54, 1.807) is 0 Å². The van der Waals surface area contributed by atoms with Crippen LogP contribution in [0.2, 0.25) is 0 Å². The molecule has 0 bridgehead atoms. The van der Waals surface area contributed by atoms with Crippen LogP contribution in [-0.2, 0) is 27.2 Å². The monoisotopic (exact) mass is 156 g/mol. The van der Waals surface area contributed by atoms with Gasteiger partial charge in [0, 0.05) is 22.4 Å². The first-order valence-corrected chi connectivity index (χ1v) is 0.494. The van der Waals surface area contributed by atoms with E-state index in [1.807, 2.05) is 0 Å². The van der Waals surface area contributed by atoms with Crippen LogP contribution in [0.4, 0.5) is 0 Å². The van der Waals surface area contributed by atoms with E-state index in [9.17, 15) is 0 Å². The van der Waals surface area contributed by atoms with Gasteiger partial charge in [-0.25, -0.2) is 0 Å². The van der Waals surface area contributed by atoms with Gasteiger partial charge in [-0.15, -0.1) is 0 Å². The number of carboxylic acid groups (broad SMARTS) is 1. The standard InChI is InChI=1S/CH2O2.H3N.Nb/c2-1-3;;/h1H,(H,2,3);1H3;. The summed E-state index contributed by atoms with van der Waals surface area (Å²) in [5.74, 6) is 0. The number of hydrogen-bond acceptors (Lipinski definition) is 2. The Morgan fingerprint density at radius 3 is 1.60 bits per heavy atom. The molecule has 5 heavy (non-hydrogen) atoms. The Hall–Kier alpha value is 0.170. The summed E-state index contributed by atoms with van der Waals surface area (Å²) in [4.78, 5) is 8.36. The minimum Gasteiger partial charge on any atom is -0.483 e. The Morgan fingerprint density at radius 1 is 1.60 bits per heavy atom. The van der Waals surface area contributed by atoms with Crippen molar-refractivity contribution in [1.29, 1.82) is 0 Å². The molecule has 0 unspecified atom stereocenters. The Morgan fingerprint density at radius 2 is 1.60 bits per heavy atom. The zero-order valence-electron chi connectivity index (χ0n) is 2.59. The van der Waals surface area contributed by atoms with Gasteiger partial charge in [0.15, 0.2) is 0 Å². The fourth-order valence-corrected chi connectivity index (χ4v) is 0. The maximum absolute atomic E-state index is 8.36. The minimum atomic E-state index is -0.250. The summed E-state index contributed by atoms with van der Waals surface area (Å²) in [7, 11) is 0. The quantitative estimate of drug-likeness (QED) is 0.378. The van der Waals surface area contributed by atoms with Crippen molar-refractivity contribution in [3.05, 3.63) is 0 Å². The number of hydrogen-bond donors (Lipinski definition) is 2. The van der Waals surface area contributed by atoms with Crippen molar-refractivity contribution >= 4 is 6.47 Å². The molecule has 0 aromatic rings. The second-order valence-electron chi connectivity index (χ2n) is 0.105. The van der Waals surface area contributed by atoms with Gasteiger partial charge in [-0.05, 0) is 0 Å². The van der Waals surface area contributed by atoms with Crippen LogP contribution in [0.5, 0.6) is 0 Å². The molecule has 0 atom stereocenters. The van der Waals surface area contributed by atoms with Crippen LogP contribution in [0.3, 0.4) is 0 Å². The Kier molecular flexibility index (Phi) is 117. The molecule has 0 amide bonds. The van der Waals surface area contributed by atoms with Crippen LogP contribution in [0, 0.1) is 0 Å². The smallest absolute Gasteiger partial charge is 0.290 e. The van der Waals surface area contributed by atoms with Gasteiger partial charge in [0.05, 0.1) is 0 Å². The molecule has 0 saturated heterocycles. The first kappa shape index (κ1) is 19.1. The second kappa shape index (κ2) is 30.6. The van der Waals surface area contributed by atoms with Crippen molar-refractivity contribution in [2.45, 2.75) is 0 Å². The van der Waals surface area contributed by atoms with Crippen LogP contribution in [0.25, 0.3) is 0 Å². The van der Waals surface area contributed by atoms with Gasteiger partial charge in [-0.2, -0.15) is 0 Å². The van der Waals surface area contributed by atoms with E-state index in [1.165, 1.54) is 0 Å². The zero-order chi connectivity index (χ0) is 2.71. The predicted octanol–water partition coefficient (Wildman–Crippen LogP) is -0.140. The van der Waals surface area contributed by atoms with Crippen molar-refractivity contribution < 1.29 is 32.3 Å². The molecule has 4 heteroatoms. The Labute approximate surface area is 45.5 Å². The number of carbonyl (C=O) groups is 1. The summed E-state index contributed by atoms with van der Waals surface area (Å²) >= 11 is 0. The molecular formula is CH5NNbO2. The predicted molar refractivity (Wildman–Crippen MR) is 13.7 cm³/mol. The number of rotatable bonds is 0. The Bertz CT molecular complexity index is 17.1. The first-order valence-electron chi connectivity index (χ1n) is 0.494. The van der Waals surface area contributed by atoms with E-state index in [0.717, 1.165) is 0 Å². The van der Waals surface area contributed by atoms with Gasteiger partial charge in [0.25, 0.3) is 6.47 Å². The third-order valence-electron chi connectivity index (χ3n) is 0. The SMILES string of the molecule is N.O=CO.[Nb]. The average molecular weight is 156 g/mol. The summed E-state index contributed by atoms with van der Waals surface area (Å²) in [5, 5.41) is 6.89. The van der Waals surface area contributed by atoms with Crippen LogP contribution >= 0.6 is 0 Å². The maximum atomic E-state index is 8.36. The molecule has 1 radical (unpaired) electrons. The zero-order valence-corrected chi connectivity index (χ0v) is 4.79. The normalized spacial score (nSPS) is 2.40. The third kappa shape index (κ3) is 678. The van der Waals surface area contributed by atoms with Gasteiger partial charge < -0.3 is 11.3 Å². The molecular weight excluding hydrogens is 151 g/mol. The van der Waals surface area contributed by atoms with E-state index < -0.39 is 0 Å². The minimum absolute atomic E-state index is 0. The molecule has 31 valence electrons. The van der Waals surface area contributed by atoms with E-state index in [4.69, 9.17) is 9.90 Å². The molecule has 0 rings (SSSR count). The fraction of sp³-hybridized carbons (Fsp3) is 0. The molecule has 0 saturated carbocycles. The van der Waals surface area contributed by atoms with Gasteiger partial charge >= 0.3 is 0 Å². The van der Waals surface area contributed by atoms with Crippen molar-refractivity contribution in [2.75, 3.05) is 0 Å². The van der Waals surface area contributed by atoms with Gasteiger partial charge in [-0.1, -0.05) is 0 Å². The summed E-state index contributed by atoms with van der Waals surface area (Å²) in [6.07, 6.45) is 0. The van der Waals surface area contributed by atoms with Crippen LogP contribution in [-0.4, -0.2) is 11.6 Å². The van der Waals surface area contributed by atoms with Crippen LogP contribution < -0.4 is 6.15 Å². The average Bonchev–Trinajstić information content (AvgIpc) is 0.918. The first-order chi connectivity index (χ1) is 1.41. The molecule has 0 aromatic heterocycles. The molecule has 0 aromatic carbocycles. The third-order valence-corrected chi connectivity index (χ3v) is 0. The van der Waals surface area contributed by atoms with E-state index in [0.29, 0.717) is 0 Å². The summed E-state index contributed by atoms with van der Waals surface area (Å²) < 4.78 is 0. The van der Waals surface area contributed by atoms with E-state index in [-0.39, 0.29) is 35.0 Å². The van der Waals surface area contributed by atoms with Crippen molar-refractivity contribution in [2.24, 2.45) is 0 Å². The van der Waals surface area contributed by atoms with Crippen LogP contribution in [0.1, 0.15) is 0 Å². The largest absolute Gasteiger partial charge is 0.483 e. The van der Waals surface area contributed by atoms with Crippen LogP contribution in [0.15, 0.2) is 0 Å². The van der Waals surface area contributed by atoms with E-state index in [2.05, 4.69) is 0 Å². The molecule has 4 N–H and O–H groups in total. The van der Waals surface area contributed by atoms with Crippen molar-refractivity contribution in [3.8, 4) is 0 Å². The summed E-state index contributed by atoms with van der Waals surface area (Å²) in [6.45, 7) is -0.250. The van der Waals surface area contributed by atoms with Crippen molar-refractivity contribution in [3.63, 3.8) is 0 Å². The molecule has 0 spiro atoms.